The minimum atomic E-state index is 0.342. The molecule has 1 atom stereocenters. The van der Waals surface area contributed by atoms with Crippen LogP contribution < -0.4 is 5.32 Å². The zero-order valence-corrected chi connectivity index (χ0v) is 12.1. The number of aryl methyl sites for hydroxylation is 2. The lowest BCUT2D eigenvalue weighted by atomic mass is 10.00. The minimum Gasteiger partial charge on any atom is -0.310 e. The predicted molar refractivity (Wildman–Crippen MR) is 79.1 cm³/mol. The van der Waals surface area contributed by atoms with Gasteiger partial charge in [0.05, 0.1) is 5.69 Å². The lowest BCUT2D eigenvalue weighted by Crippen LogP contribution is -2.24. The van der Waals surface area contributed by atoms with Crippen LogP contribution in [0.3, 0.4) is 0 Å². The van der Waals surface area contributed by atoms with Crippen molar-refractivity contribution in [2.45, 2.75) is 32.7 Å². The molecule has 0 aliphatic carbocycles. The molecule has 2 aromatic rings. The second kappa shape index (κ2) is 6.53. The fourth-order valence-electron chi connectivity index (χ4n) is 2.29. The standard InChI is InChI=1S/C16H23N3/c1-4-9-17-16(12-15-8-10-19(3)18-15)14-7-5-6-13(2)11-14/h5-8,10-11,16-17H,4,9,12H2,1-3H3. The number of nitrogens with one attached hydrogen (secondary N) is 1. The van der Waals surface area contributed by atoms with E-state index in [1.807, 2.05) is 17.9 Å². The summed E-state index contributed by atoms with van der Waals surface area (Å²) in [5, 5.41) is 8.10. The molecule has 1 N–H and O–H groups in total. The highest BCUT2D eigenvalue weighted by Gasteiger charge is 2.13. The van der Waals surface area contributed by atoms with E-state index < -0.39 is 0 Å². The third-order valence-corrected chi connectivity index (χ3v) is 3.27. The number of aromatic nitrogens is 2. The molecule has 3 nitrogen and oxygen atoms in total. The Labute approximate surface area is 115 Å². The molecule has 1 heterocycles. The summed E-state index contributed by atoms with van der Waals surface area (Å²) < 4.78 is 1.86. The van der Waals surface area contributed by atoms with Crippen molar-refractivity contribution in [3.8, 4) is 0 Å². The van der Waals surface area contributed by atoms with E-state index in [1.54, 1.807) is 0 Å². The second-order valence-electron chi connectivity index (χ2n) is 5.11. The van der Waals surface area contributed by atoms with Gasteiger partial charge >= 0.3 is 0 Å². The monoisotopic (exact) mass is 257 g/mol. The molecule has 1 aromatic heterocycles. The van der Waals surface area contributed by atoms with Gasteiger partial charge in [0.15, 0.2) is 0 Å². The van der Waals surface area contributed by atoms with Crippen LogP contribution in [-0.4, -0.2) is 16.3 Å². The van der Waals surface area contributed by atoms with Gasteiger partial charge in [-0.2, -0.15) is 5.10 Å². The minimum absolute atomic E-state index is 0.342. The van der Waals surface area contributed by atoms with Crippen LogP contribution >= 0.6 is 0 Å². The molecule has 0 aliphatic rings. The van der Waals surface area contributed by atoms with E-state index in [0.29, 0.717) is 6.04 Å². The van der Waals surface area contributed by atoms with Crippen molar-refractivity contribution in [1.29, 1.82) is 0 Å². The van der Waals surface area contributed by atoms with E-state index >= 15 is 0 Å². The maximum Gasteiger partial charge on any atom is 0.0643 e. The van der Waals surface area contributed by atoms with E-state index in [2.05, 4.69) is 54.6 Å². The molecule has 0 aliphatic heterocycles. The largest absolute Gasteiger partial charge is 0.310 e. The first-order chi connectivity index (χ1) is 9.19. The van der Waals surface area contributed by atoms with Crippen LogP contribution in [-0.2, 0) is 13.5 Å². The van der Waals surface area contributed by atoms with Gasteiger partial charge in [-0.1, -0.05) is 36.8 Å². The van der Waals surface area contributed by atoms with E-state index in [0.717, 1.165) is 25.1 Å². The molecule has 0 amide bonds. The molecule has 0 saturated carbocycles. The summed E-state index contributed by atoms with van der Waals surface area (Å²) in [5.41, 5.74) is 3.79. The van der Waals surface area contributed by atoms with Crippen molar-refractivity contribution in [3.05, 3.63) is 53.3 Å². The summed E-state index contributed by atoms with van der Waals surface area (Å²) in [7, 11) is 1.96. The zero-order valence-electron chi connectivity index (χ0n) is 12.1. The number of rotatable bonds is 6. The van der Waals surface area contributed by atoms with Gasteiger partial charge in [-0.15, -0.1) is 0 Å². The lowest BCUT2D eigenvalue weighted by molar-refractivity contribution is 0.521. The van der Waals surface area contributed by atoms with Gasteiger partial charge in [0, 0.05) is 25.7 Å². The van der Waals surface area contributed by atoms with Gasteiger partial charge in [0.2, 0.25) is 0 Å². The van der Waals surface area contributed by atoms with Gasteiger partial charge in [-0.25, -0.2) is 0 Å². The average molecular weight is 257 g/mol. The van der Waals surface area contributed by atoms with Gasteiger partial charge in [-0.05, 0) is 31.5 Å². The Bertz CT molecular complexity index is 516. The normalized spacial score (nSPS) is 12.6. The molecule has 1 aromatic carbocycles. The molecule has 3 heteroatoms. The maximum atomic E-state index is 4.48. The Morgan fingerprint density at radius 3 is 2.79 bits per heavy atom. The highest BCUT2D eigenvalue weighted by atomic mass is 15.2. The fourth-order valence-corrected chi connectivity index (χ4v) is 2.29. The Morgan fingerprint density at radius 2 is 2.16 bits per heavy atom. The zero-order chi connectivity index (χ0) is 13.7. The van der Waals surface area contributed by atoms with Gasteiger partial charge in [0.1, 0.15) is 0 Å². The summed E-state index contributed by atoms with van der Waals surface area (Å²) in [6.07, 6.45) is 4.08. The first-order valence-electron chi connectivity index (χ1n) is 6.97. The van der Waals surface area contributed by atoms with Crippen LogP contribution in [0.1, 0.15) is 36.2 Å². The van der Waals surface area contributed by atoms with Crippen LogP contribution in [0.5, 0.6) is 0 Å². The van der Waals surface area contributed by atoms with Crippen LogP contribution in [0.25, 0.3) is 0 Å². The third-order valence-electron chi connectivity index (χ3n) is 3.27. The van der Waals surface area contributed by atoms with E-state index in [9.17, 15) is 0 Å². The van der Waals surface area contributed by atoms with Crippen molar-refractivity contribution >= 4 is 0 Å². The quantitative estimate of drug-likeness (QED) is 0.862. The molecular weight excluding hydrogens is 234 g/mol. The number of benzene rings is 1. The molecular formula is C16H23N3. The number of hydrogen-bond donors (Lipinski definition) is 1. The second-order valence-corrected chi connectivity index (χ2v) is 5.11. The summed E-state index contributed by atoms with van der Waals surface area (Å²) in [5.74, 6) is 0. The molecule has 102 valence electrons. The SMILES string of the molecule is CCCNC(Cc1ccn(C)n1)c1cccc(C)c1. The van der Waals surface area contributed by atoms with Crippen molar-refractivity contribution in [1.82, 2.24) is 15.1 Å². The first kappa shape index (κ1) is 13.8. The molecule has 0 saturated heterocycles. The highest BCUT2D eigenvalue weighted by Crippen LogP contribution is 2.18. The Balaban J connectivity index is 2.15. The Hall–Kier alpha value is -1.61. The molecule has 0 fully saturated rings. The average Bonchev–Trinajstić information content (AvgIpc) is 2.80. The predicted octanol–water partition coefficient (Wildman–Crippen LogP) is 3.01. The number of nitrogens with zero attached hydrogens (tertiary/aromatic N) is 2. The molecule has 2 rings (SSSR count). The molecule has 0 bridgehead atoms. The van der Waals surface area contributed by atoms with Crippen LogP contribution in [0, 0.1) is 6.92 Å². The Morgan fingerprint density at radius 1 is 1.32 bits per heavy atom. The fraction of sp³-hybridized carbons (Fsp3) is 0.438. The summed E-state index contributed by atoms with van der Waals surface area (Å²) >= 11 is 0. The van der Waals surface area contributed by atoms with Crippen molar-refractivity contribution in [2.24, 2.45) is 7.05 Å². The van der Waals surface area contributed by atoms with Crippen molar-refractivity contribution < 1.29 is 0 Å². The van der Waals surface area contributed by atoms with Crippen molar-refractivity contribution in [2.75, 3.05) is 6.54 Å². The maximum absolute atomic E-state index is 4.48. The number of hydrogen-bond acceptors (Lipinski definition) is 2. The Kier molecular flexibility index (Phi) is 4.74. The van der Waals surface area contributed by atoms with E-state index in [1.165, 1.54) is 11.1 Å². The molecule has 0 spiro atoms. The van der Waals surface area contributed by atoms with Crippen LogP contribution in [0.4, 0.5) is 0 Å². The summed E-state index contributed by atoms with van der Waals surface area (Å²) in [4.78, 5) is 0. The van der Waals surface area contributed by atoms with Crippen molar-refractivity contribution in [3.63, 3.8) is 0 Å². The van der Waals surface area contributed by atoms with Gasteiger partial charge in [-0.3, -0.25) is 4.68 Å². The topological polar surface area (TPSA) is 29.9 Å². The van der Waals surface area contributed by atoms with Gasteiger partial charge < -0.3 is 5.32 Å². The summed E-state index contributed by atoms with van der Waals surface area (Å²) in [6, 6.07) is 11.2. The van der Waals surface area contributed by atoms with Crippen LogP contribution in [0.2, 0.25) is 0 Å². The first-order valence-corrected chi connectivity index (χ1v) is 6.97. The molecule has 0 radical (unpaired) electrons. The molecule has 1 unspecified atom stereocenters. The third kappa shape index (κ3) is 3.93. The highest BCUT2D eigenvalue weighted by molar-refractivity contribution is 5.26. The van der Waals surface area contributed by atoms with E-state index in [-0.39, 0.29) is 0 Å². The smallest absolute Gasteiger partial charge is 0.0643 e. The van der Waals surface area contributed by atoms with E-state index in [4.69, 9.17) is 0 Å². The van der Waals surface area contributed by atoms with Crippen LogP contribution in [0.15, 0.2) is 36.5 Å². The lowest BCUT2D eigenvalue weighted by Gasteiger charge is -2.18. The van der Waals surface area contributed by atoms with Gasteiger partial charge in [0.25, 0.3) is 0 Å². The summed E-state index contributed by atoms with van der Waals surface area (Å²) in [6.45, 7) is 5.37. The molecule has 19 heavy (non-hydrogen) atoms.